The Labute approximate surface area is 117 Å². The van der Waals surface area contributed by atoms with Crippen LogP contribution in [0.25, 0.3) is 10.2 Å². The molecule has 0 unspecified atom stereocenters. The summed E-state index contributed by atoms with van der Waals surface area (Å²) < 4.78 is 0. The van der Waals surface area contributed by atoms with Crippen LogP contribution in [0.4, 0.5) is 11.8 Å². The van der Waals surface area contributed by atoms with E-state index in [1.165, 1.54) is 23.1 Å². The number of rotatable bonds is 2. The van der Waals surface area contributed by atoms with Crippen molar-refractivity contribution in [3.63, 3.8) is 0 Å². The predicted octanol–water partition coefficient (Wildman–Crippen LogP) is 3.07. The summed E-state index contributed by atoms with van der Waals surface area (Å²) in [6.45, 7) is 6.64. The van der Waals surface area contributed by atoms with Gasteiger partial charge in [0, 0.05) is 18.0 Å². The molecule has 1 fully saturated rings. The number of aryl methyl sites for hydroxylation is 1. The van der Waals surface area contributed by atoms with E-state index in [9.17, 15) is 0 Å². The minimum Gasteiger partial charge on any atom is -0.368 e. The predicted molar refractivity (Wildman–Crippen MR) is 81.8 cm³/mol. The van der Waals surface area contributed by atoms with Gasteiger partial charge in [-0.2, -0.15) is 4.98 Å². The monoisotopic (exact) mass is 276 g/mol. The first-order valence-corrected chi connectivity index (χ1v) is 7.80. The van der Waals surface area contributed by atoms with Gasteiger partial charge in [-0.3, -0.25) is 0 Å². The quantitative estimate of drug-likeness (QED) is 0.916. The summed E-state index contributed by atoms with van der Waals surface area (Å²) in [5.41, 5.74) is 5.87. The van der Waals surface area contributed by atoms with Crippen LogP contribution in [-0.4, -0.2) is 23.1 Å². The zero-order chi connectivity index (χ0) is 13.4. The fourth-order valence-electron chi connectivity index (χ4n) is 2.61. The molecule has 3 rings (SSSR count). The molecular formula is C14H20N4S. The molecular weight excluding hydrogens is 256 g/mol. The second-order valence-electron chi connectivity index (χ2n) is 5.36. The van der Waals surface area contributed by atoms with Crippen molar-refractivity contribution in [2.45, 2.75) is 33.1 Å². The normalized spacial score (nSPS) is 17.3. The summed E-state index contributed by atoms with van der Waals surface area (Å²) in [6, 6.07) is 2.23. The third-order valence-corrected chi connectivity index (χ3v) is 5.05. The average Bonchev–Trinajstić information content (AvgIpc) is 2.81. The van der Waals surface area contributed by atoms with E-state index in [1.807, 2.05) is 0 Å². The smallest absolute Gasteiger partial charge is 0.223 e. The Morgan fingerprint density at radius 2 is 2.11 bits per heavy atom. The maximum atomic E-state index is 5.87. The van der Waals surface area contributed by atoms with Gasteiger partial charge in [-0.15, -0.1) is 11.3 Å². The Morgan fingerprint density at radius 1 is 1.37 bits per heavy atom. The number of anilines is 2. The molecule has 0 saturated carbocycles. The first kappa shape index (κ1) is 12.7. The Kier molecular flexibility index (Phi) is 3.31. The van der Waals surface area contributed by atoms with Crippen LogP contribution < -0.4 is 10.6 Å². The molecule has 2 aromatic rings. The summed E-state index contributed by atoms with van der Waals surface area (Å²) in [5.74, 6) is 2.25. The van der Waals surface area contributed by atoms with Crippen LogP contribution in [0.3, 0.4) is 0 Å². The number of hydrogen-bond acceptors (Lipinski definition) is 5. The van der Waals surface area contributed by atoms with Crippen LogP contribution in [0, 0.1) is 5.92 Å². The molecule has 4 nitrogen and oxygen atoms in total. The van der Waals surface area contributed by atoms with Crippen molar-refractivity contribution >= 4 is 33.3 Å². The van der Waals surface area contributed by atoms with E-state index in [4.69, 9.17) is 5.73 Å². The zero-order valence-electron chi connectivity index (χ0n) is 11.5. The third kappa shape index (κ3) is 2.39. The van der Waals surface area contributed by atoms with E-state index in [-0.39, 0.29) is 0 Å². The highest BCUT2D eigenvalue weighted by Crippen LogP contribution is 2.33. The van der Waals surface area contributed by atoms with E-state index in [1.54, 1.807) is 11.3 Å². The van der Waals surface area contributed by atoms with E-state index < -0.39 is 0 Å². The standard InChI is InChI=1S/C14H20N4S/c1-3-10-8-11-12(16-14(15)17-13(11)19-10)18-6-4-9(2)5-7-18/h8-9H,3-7H2,1-2H3,(H2,15,16,17). The fourth-order valence-corrected chi connectivity index (χ4v) is 3.58. The molecule has 1 saturated heterocycles. The third-order valence-electron chi connectivity index (χ3n) is 3.87. The first-order valence-electron chi connectivity index (χ1n) is 6.98. The van der Waals surface area contributed by atoms with E-state index in [0.717, 1.165) is 36.1 Å². The van der Waals surface area contributed by atoms with Crippen LogP contribution in [0.2, 0.25) is 0 Å². The number of nitrogens with zero attached hydrogens (tertiary/aromatic N) is 3. The van der Waals surface area contributed by atoms with Crippen LogP contribution in [0.1, 0.15) is 31.6 Å². The maximum absolute atomic E-state index is 5.87. The minimum absolute atomic E-state index is 0.394. The molecule has 0 spiro atoms. The van der Waals surface area contributed by atoms with Gasteiger partial charge < -0.3 is 10.6 Å². The van der Waals surface area contributed by atoms with Crippen molar-refractivity contribution in [2.75, 3.05) is 23.7 Å². The molecule has 0 bridgehead atoms. The molecule has 0 aliphatic carbocycles. The van der Waals surface area contributed by atoms with Gasteiger partial charge in [0.2, 0.25) is 5.95 Å². The molecule has 1 aliphatic rings. The highest BCUT2D eigenvalue weighted by Gasteiger charge is 2.20. The number of nitrogens with two attached hydrogens (primary N) is 1. The average molecular weight is 276 g/mol. The number of fused-ring (bicyclic) bond motifs is 1. The molecule has 0 aromatic carbocycles. The van der Waals surface area contributed by atoms with Crippen molar-refractivity contribution < 1.29 is 0 Å². The highest BCUT2D eigenvalue weighted by molar-refractivity contribution is 7.18. The number of hydrogen-bond donors (Lipinski definition) is 1. The lowest BCUT2D eigenvalue weighted by Gasteiger charge is -2.31. The topological polar surface area (TPSA) is 55.0 Å². The first-order chi connectivity index (χ1) is 9.17. The van der Waals surface area contributed by atoms with Gasteiger partial charge in [-0.1, -0.05) is 13.8 Å². The number of piperidine rings is 1. The molecule has 3 heterocycles. The van der Waals surface area contributed by atoms with Crippen LogP contribution >= 0.6 is 11.3 Å². The van der Waals surface area contributed by atoms with Gasteiger partial charge in [0.05, 0.1) is 5.39 Å². The van der Waals surface area contributed by atoms with E-state index in [0.29, 0.717) is 5.95 Å². The van der Waals surface area contributed by atoms with Crippen molar-refractivity contribution in [1.29, 1.82) is 0 Å². The summed E-state index contributed by atoms with van der Waals surface area (Å²) >= 11 is 1.73. The molecule has 0 amide bonds. The Bertz CT molecular complexity index is 584. The van der Waals surface area contributed by atoms with E-state index >= 15 is 0 Å². The minimum atomic E-state index is 0.394. The molecule has 0 radical (unpaired) electrons. The molecule has 19 heavy (non-hydrogen) atoms. The summed E-state index contributed by atoms with van der Waals surface area (Å²) in [4.78, 5) is 13.6. The molecule has 2 N–H and O–H groups in total. The van der Waals surface area contributed by atoms with Crippen molar-refractivity contribution in [1.82, 2.24) is 9.97 Å². The summed E-state index contributed by atoms with van der Waals surface area (Å²) in [7, 11) is 0. The Morgan fingerprint density at radius 3 is 2.79 bits per heavy atom. The van der Waals surface area contributed by atoms with Crippen LogP contribution in [-0.2, 0) is 6.42 Å². The van der Waals surface area contributed by atoms with Crippen LogP contribution in [0.5, 0.6) is 0 Å². The summed E-state index contributed by atoms with van der Waals surface area (Å²) in [6.07, 6.45) is 3.50. The van der Waals surface area contributed by atoms with Gasteiger partial charge >= 0.3 is 0 Å². The van der Waals surface area contributed by atoms with Gasteiger partial charge in [0.25, 0.3) is 0 Å². The SMILES string of the molecule is CCc1cc2c(N3CCC(C)CC3)nc(N)nc2s1. The van der Waals surface area contributed by atoms with Gasteiger partial charge in [0.15, 0.2) is 0 Å². The van der Waals surface area contributed by atoms with E-state index in [2.05, 4.69) is 34.8 Å². The molecule has 0 atom stereocenters. The number of aromatic nitrogens is 2. The zero-order valence-corrected chi connectivity index (χ0v) is 12.3. The molecule has 102 valence electrons. The van der Waals surface area contributed by atoms with Crippen LogP contribution in [0.15, 0.2) is 6.07 Å². The van der Waals surface area contributed by atoms with Gasteiger partial charge in [-0.05, 0) is 31.2 Å². The second kappa shape index (κ2) is 4.96. The van der Waals surface area contributed by atoms with Gasteiger partial charge in [-0.25, -0.2) is 4.98 Å². The lowest BCUT2D eigenvalue weighted by atomic mass is 9.99. The Balaban J connectivity index is 2.03. The highest BCUT2D eigenvalue weighted by atomic mass is 32.1. The lowest BCUT2D eigenvalue weighted by molar-refractivity contribution is 0.437. The molecule has 1 aliphatic heterocycles. The second-order valence-corrected chi connectivity index (χ2v) is 6.48. The van der Waals surface area contributed by atoms with Crippen molar-refractivity contribution in [3.05, 3.63) is 10.9 Å². The fraction of sp³-hybridized carbons (Fsp3) is 0.571. The molecule has 5 heteroatoms. The Hall–Kier alpha value is -1.36. The number of thiophene rings is 1. The van der Waals surface area contributed by atoms with Crippen molar-refractivity contribution in [2.24, 2.45) is 5.92 Å². The maximum Gasteiger partial charge on any atom is 0.223 e. The summed E-state index contributed by atoms with van der Waals surface area (Å²) in [5, 5.41) is 1.17. The lowest BCUT2D eigenvalue weighted by Crippen LogP contribution is -2.33. The number of nitrogen functional groups attached to an aromatic ring is 1. The van der Waals surface area contributed by atoms with Crippen molar-refractivity contribution in [3.8, 4) is 0 Å². The van der Waals surface area contributed by atoms with Gasteiger partial charge in [0.1, 0.15) is 10.6 Å². The largest absolute Gasteiger partial charge is 0.368 e. The molecule has 2 aromatic heterocycles.